The molecule has 0 aliphatic carbocycles. The maximum Gasteiger partial charge on any atom is 0.251 e. The minimum atomic E-state index is -0.818. The number of hydrogen-bond acceptors (Lipinski definition) is 3. The second-order valence-electron chi connectivity index (χ2n) is 5.31. The number of anilines is 2. The van der Waals surface area contributed by atoms with Crippen molar-refractivity contribution >= 4 is 28.3 Å². The van der Waals surface area contributed by atoms with Gasteiger partial charge in [0.2, 0.25) is 0 Å². The molecule has 0 saturated carbocycles. The first-order valence-corrected chi connectivity index (χ1v) is 6.85. The Morgan fingerprint density at radius 3 is 2.70 bits per heavy atom. The van der Waals surface area contributed by atoms with Gasteiger partial charge in [-0.1, -0.05) is 6.07 Å². The number of nitrogens with zero attached hydrogens (tertiary/aromatic N) is 2. The molecule has 0 aliphatic rings. The number of amides is 1. The summed E-state index contributed by atoms with van der Waals surface area (Å²) in [6.45, 7) is 1.74. The lowest BCUT2D eigenvalue weighted by atomic mass is 10.1. The van der Waals surface area contributed by atoms with E-state index >= 15 is 0 Å². The summed E-state index contributed by atoms with van der Waals surface area (Å²) in [7, 11) is 1.67. The van der Waals surface area contributed by atoms with Crippen molar-refractivity contribution in [3.8, 4) is 0 Å². The topological polar surface area (TPSA) is 72.9 Å². The van der Waals surface area contributed by atoms with Crippen LogP contribution in [0.4, 0.5) is 20.2 Å². The normalized spacial score (nSPS) is 11.0. The van der Waals surface area contributed by atoms with Crippen LogP contribution in [-0.4, -0.2) is 15.5 Å². The van der Waals surface area contributed by atoms with Crippen LogP contribution in [0.1, 0.15) is 15.9 Å². The number of nitrogens with one attached hydrogen (secondary N) is 1. The first-order valence-electron chi connectivity index (χ1n) is 6.85. The van der Waals surface area contributed by atoms with Crippen molar-refractivity contribution < 1.29 is 13.6 Å². The van der Waals surface area contributed by atoms with Crippen molar-refractivity contribution in [2.45, 2.75) is 6.92 Å². The third-order valence-electron chi connectivity index (χ3n) is 3.61. The highest BCUT2D eigenvalue weighted by Crippen LogP contribution is 2.31. The summed E-state index contributed by atoms with van der Waals surface area (Å²) in [4.78, 5) is 15.6. The number of aryl methyl sites for hydroxylation is 2. The quantitative estimate of drug-likeness (QED) is 0.780. The van der Waals surface area contributed by atoms with E-state index in [9.17, 15) is 13.6 Å². The summed E-state index contributed by atoms with van der Waals surface area (Å²) in [5, 5.41) is 2.62. The third kappa shape index (κ3) is 2.50. The van der Waals surface area contributed by atoms with Gasteiger partial charge in [-0.15, -0.1) is 0 Å². The van der Waals surface area contributed by atoms with E-state index in [4.69, 9.17) is 5.73 Å². The van der Waals surface area contributed by atoms with Gasteiger partial charge < -0.3 is 15.6 Å². The van der Waals surface area contributed by atoms with E-state index in [2.05, 4.69) is 10.3 Å². The molecule has 3 rings (SSSR count). The molecule has 0 fully saturated rings. The van der Waals surface area contributed by atoms with Crippen LogP contribution in [0.15, 0.2) is 30.6 Å². The van der Waals surface area contributed by atoms with Gasteiger partial charge in [0.1, 0.15) is 11.3 Å². The number of nitrogens with two attached hydrogens (primary N) is 1. The highest BCUT2D eigenvalue weighted by Gasteiger charge is 2.20. The van der Waals surface area contributed by atoms with Crippen LogP contribution in [0.5, 0.6) is 0 Å². The Balaban J connectivity index is 2.21. The summed E-state index contributed by atoms with van der Waals surface area (Å²) in [6, 6.07) is 5.88. The van der Waals surface area contributed by atoms with Crippen molar-refractivity contribution in [2.24, 2.45) is 12.8 Å². The number of aromatic nitrogens is 2. The molecule has 1 amide bonds. The lowest BCUT2D eigenvalue weighted by Crippen LogP contribution is -2.15. The molecule has 3 N–H and O–H groups in total. The molecular weight excluding hydrogens is 302 g/mol. The molecule has 1 heterocycles. The molecule has 5 nitrogen and oxygen atoms in total. The Hall–Kier alpha value is -2.96. The first kappa shape index (κ1) is 15.0. The third-order valence-corrected chi connectivity index (χ3v) is 3.61. The summed E-state index contributed by atoms with van der Waals surface area (Å²) < 4.78 is 30.3. The van der Waals surface area contributed by atoms with Gasteiger partial charge in [0.25, 0.3) is 5.91 Å². The lowest BCUT2D eigenvalue weighted by Gasteiger charge is -2.13. The van der Waals surface area contributed by atoms with Gasteiger partial charge >= 0.3 is 0 Å². The van der Waals surface area contributed by atoms with Gasteiger partial charge in [0, 0.05) is 7.05 Å². The number of carbonyl (C=O) groups is 1. The average molecular weight is 316 g/mol. The smallest absolute Gasteiger partial charge is 0.251 e. The van der Waals surface area contributed by atoms with E-state index in [-0.39, 0.29) is 22.5 Å². The molecule has 0 unspecified atom stereocenters. The van der Waals surface area contributed by atoms with Crippen LogP contribution in [0.2, 0.25) is 0 Å². The molecular formula is C16H14F2N4O. The Bertz CT molecular complexity index is 933. The molecule has 0 spiro atoms. The molecule has 0 atom stereocenters. The molecule has 0 bridgehead atoms. The van der Waals surface area contributed by atoms with Crippen LogP contribution >= 0.6 is 0 Å². The molecule has 0 radical (unpaired) electrons. The fourth-order valence-corrected chi connectivity index (χ4v) is 2.40. The molecule has 0 aliphatic heterocycles. The summed E-state index contributed by atoms with van der Waals surface area (Å²) in [6.07, 6.45) is 1.43. The van der Waals surface area contributed by atoms with E-state index in [1.807, 2.05) is 0 Å². The predicted molar refractivity (Wildman–Crippen MR) is 83.6 cm³/mol. The van der Waals surface area contributed by atoms with Crippen LogP contribution in [-0.2, 0) is 7.05 Å². The molecule has 23 heavy (non-hydrogen) atoms. The van der Waals surface area contributed by atoms with Gasteiger partial charge in [-0.25, -0.2) is 13.8 Å². The second-order valence-corrected chi connectivity index (χ2v) is 5.31. The van der Waals surface area contributed by atoms with Crippen molar-refractivity contribution in [3.05, 3.63) is 53.4 Å². The number of hydrogen-bond donors (Lipinski definition) is 2. The molecule has 118 valence electrons. The number of fused-ring (bicyclic) bond motifs is 1. The highest BCUT2D eigenvalue weighted by molar-refractivity contribution is 6.03. The predicted octanol–water partition coefficient (Wildman–Crippen LogP) is 3.00. The van der Waals surface area contributed by atoms with E-state index in [0.717, 1.165) is 5.56 Å². The first-order chi connectivity index (χ1) is 10.9. The van der Waals surface area contributed by atoms with Crippen LogP contribution in [0, 0.1) is 18.6 Å². The number of primary amides is 1. The highest BCUT2D eigenvalue weighted by atomic mass is 19.1. The van der Waals surface area contributed by atoms with Crippen molar-refractivity contribution in [1.29, 1.82) is 0 Å². The van der Waals surface area contributed by atoms with E-state index in [1.54, 1.807) is 24.6 Å². The van der Waals surface area contributed by atoms with Crippen LogP contribution < -0.4 is 11.1 Å². The van der Waals surface area contributed by atoms with Gasteiger partial charge in [-0.2, -0.15) is 0 Å². The molecule has 2 aromatic carbocycles. The maximum atomic E-state index is 14.7. The van der Waals surface area contributed by atoms with Gasteiger partial charge in [-0.05, 0) is 30.7 Å². The SMILES string of the molecule is Cc1ccc(Nc2c(C(N)=O)cc3c(ncn3C)c2F)c(F)c1. The summed E-state index contributed by atoms with van der Waals surface area (Å²) in [5.41, 5.74) is 6.35. The Kier molecular flexibility index (Phi) is 3.48. The summed E-state index contributed by atoms with van der Waals surface area (Å²) in [5.74, 6) is -2.13. The van der Waals surface area contributed by atoms with Crippen molar-refractivity contribution in [2.75, 3.05) is 5.32 Å². The van der Waals surface area contributed by atoms with Gasteiger partial charge in [0.05, 0.1) is 28.8 Å². The number of rotatable bonds is 3. The zero-order valence-corrected chi connectivity index (χ0v) is 12.5. The molecule has 0 saturated heterocycles. The van der Waals surface area contributed by atoms with Gasteiger partial charge in [-0.3, -0.25) is 4.79 Å². The minimum absolute atomic E-state index is 0.0484. The Morgan fingerprint density at radius 2 is 2.04 bits per heavy atom. The van der Waals surface area contributed by atoms with Crippen LogP contribution in [0.3, 0.4) is 0 Å². The average Bonchev–Trinajstić information content (AvgIpc) is 2.85. The zero-order valence-electron chi connectivity index (χ0n) is 12.5. The molecule has 7 heteroatoms. The second kappa shape index (κ2) is 5.35. The van der Waals surface area contributed by atoms with Crippen molar-refractivity contribution in [3.63, 3.8) is 0 Å². The fourth-order valence-electron chi connectivity index (χ4n) is 2.40. The molecule has 3 aromatic rings. The fraction of sp³-hybridized carbons (Fsp3) is 0.125. The Morgan fingerprint density at radius 1 is 1.30 bits per heavy atom. The Labute approximate surface area is 130 Å². The largest absolute Gasteiger partial charge is 0.366 e. The lowest BCUT2D eigenvalue weighted by molar-refractivity contribution is 0.100. The van der Waals surface area contributed by atoms with Crippen molar-refractivity contribution in [1.82, 2.24) is 9.55 Å². The minimum Gasteiger partial charge on any atom is -0.366 e. The number of halogens is 2. The van der Waals surface area contributed by atoms with Gasteiger partial charge in [0.15, 0.2) is 5.82 Å². The molecule has 1 aromatic heterocycles. The summed E-state index contributed by atoms with van der Waals surface area (Å²) >= 11 is 0. The maximum absolute atomic E-state index is 14.7. The van der Waals surface area contributed by atoms with E-state index in [0.29, 0.717) is 5.52 Å². The monoisotopic (exact) mass is 316 g/mol. The zero-order chi connectivity index (χ0) is 16.7. The van der Waals surface area contributed by atoms with E-state index in [1.165, 1.54) is 24.5 Å². The standard InChI is InChI=1S/C16H14F2N4O/c1-8-3-4-11(10(17)5-8)21-14-9(16(19)23)6-12-15(13(14)18)20-7-22(12)2/h3-7,21H,1-2H3,(H2,19,23). The van der Waals surface area contributed by atoms with E-state index < -0.39 is 17.5 Å². The number of benzene rings is 2. The number of imidazole rings is 1. The van der Waals surface area contributed by atoms with Crippen LogP contribution in [0.25, 0.3) is 11.0 Å². The number of carbonyl (C=O) groups excluding carboxylic acids is 1.